The highest BCUT2D eigenvalue weighted by Gasteiger charge is 2.37. The molecule has 0 radical (unpaired) electrons. The molecular formula is C31H44N2O3Si. The number of aromatic nitrogens is 1. The fourth-order valence-electron chi connectivity index (χ4n) is 4.92. The summed E-state index contributed by atoms with van der Waals surface area (Å²) in [6, 6.07) is 13.0. The van der Waals surface area contributed by atoms with Crippen LogP contribution in [0.3, 0.4) is 0 Å². The van der Waals surface area contributed by atoms with Gasteiger partial charge in [-0.2, -0.15) is 0 Å². The van der Waals surface area contributed by atoms with Gasteiger partial charge in [0.25, 0.3) is 0 Å². The predicted octanol–water partition coefficient (Wildman–Crippen LogP) is 7.99. The molecule has 1 aromatic heterocycles. The Morgan fingerprint density at radius 2 is 1.81 bits per heavy atom. The third kappa shape index (κ3) is 5.65. The Morgan fingerprint density at radius 1 is 1.05 bits per heavy atom. The van der Waals surface area contributed by atoms with E-state index in [2.05, 4.69) is 76.7 Å². The summed E-state index contributed by atoms with van der Waals surface area (Å²) in [4.78, 5) is 5.15. The van der Waals surface area contributed by atoms with E-state index in [0.717, 1.165) is 29.9 Å². The quantitative estimate of drug-likeness (QED) is 0.234. The van der Waals surface area contributed by atoms with E-state index in [4.69, 9.17) is 18.9 Å². The van der Waals surface area contributed by atoms with Crippen LogP contribution < -0.4 is 9.47 Å². The van der Waals surface area contributed by atoms with Crippen LogP contribution in [-0.2, 0) is 24.6 Å². The van der Waals surface area contributed by atoms with Crippen LogP contribution in [0.5, 0.6) is 11.5 Å². The van der Waals surface area contributed by atoms with Crippen LogP contribution in [0.4, 0.5) is 0 Å². The average Bonchev–Trinajstić information content (AvgIpc) is 3.08. The zero-order chi connectivity index (χ0) is 27.0. The zero-order valence-electron chi connectivity index (χ0n) is 24.2. The summed E-state index contributed by atoms with van der Waals surface area (Å²) in [5.41, 5.74) is 7.48. The number of fused-ring (bicyclic) bond motifs is 2. The number of hydrogen-bond acceptors (Lipinski definition) is 4. The van der Waals surface area contributed by atoms with Crippen molar-refractivity contribution in [1.82, 2.24) is 4.57 Å². The van der Waals surface area contributed by atoms with Gasteiger partial charge in [-0.1, -0.05) is 27.7 Å². The number of benzene rings is 2. The maximum absolute atomic E-state index is 6.58. The molecule has 4 rings (SSSR count). The van der Waals surface area contributed by atoms with Crippen molar-refractivity contribution in [1.29, 1.82) is 0 Å². The minimum absolute atomic E-state index is 0.197. The first-order valence-corrected chi connectivity index (χ1v) is 16.4. The van der Waals surface area contributed by atoms with Crippen molar-refractivity contribution < 1.29 is 13.9 Å². The number of methoxy groups -OCH3 is 2. The predicted molar refractivity (Wildman–Crippen MR) is 157 cm³/mol. The number of aliphatic imine (C=N–C) groups is 1. The lowest BCUT2D eigenvalue weighted by Crippen LogP contribution is -2.40. The average molecular weight is 521 g/mol. The van der Waals surface area contributed by atoms with Crippen LogP contribution in [0.1, 0.15) is 75.3 Å². The summed E-state index contributed by atoms with van der Waals surface area (Å²) in [5, 5.41) is 1.46. The molecule has 200 valence electrons. The van der Waals surface area contributed by atoms with E-state index in [-0.39, 0.29) is 5.04 Å². The van der Waals surface area contributed by atoms with Gasteiger partial charge >= 0.3 is 0 Å². The second kappa shape index (κ2) is 10.7. The van der Waals surface area contributed by atoms with Crippen molar-refractivity contribution in [2.24, 2.45) is 12.0 Å². The lowest BCUT2D eigenvalue weighted by atomic mass is 9.92. The second-order valence-corrected chi connectivity index (χ2v) is 16.8. The normalized spacial score (nSPS) is 17.6. The Balaban J connectivity index is 1.69. The summed E-state index contributed by atoms with van der Waals surface area (Å²) in [6.45, 7) is 15.1. The van der Waals surface area contributed by atoms with Crippen molar-refractivity contribution in [2.75, 3.05) is 14.2 Å². The van der Waals surface area contributed by atoms with E-state index >= 15 is 0 Å². The first-order valence-electron chi connectivity index (χ1n) is 13.5. The zero-order valence-corrected chi connectivity index (χ0v) is 25.2. The molecule has 0 spiro atoms. The largest absolute Gasteiger partial charge is 0.497 e. The van der Waals surface area contributed by atoms with E-state index in [1.54, 1.807) is 14.2 Å². The van der Waals surface area contributed by atoms with Gasteiger partial charge in [-0.15, -0.1) is 0 Å². The number of hydrogen-bond donors (Lipinski definition) is 0. The van der Waals surface area contributed by atoms with Crippen molar-refractivity contribution in [3.05, 3.63) is 58.8 Å². The lowest BCUT2D eigenvalue weighted by Gasteiger charge is -2.36. The summed E-state index contributed by atoms with van der Waals surface area (Å²) in [6.07, 6.45) is 3.32. The fourth-order valence-corrected chi connectivity index (χ4v) is 5.86. The third-order valence-corrected chi connectivity index (χ3v) is 13.0. The minimum Gasteiger partial charge on any atom is -0.497 e. The van der Waals surface area contributed by atoms with Crippen molar-refractivity contribution in [2.45, 2.75) is 84.2 Å². The van der Waals surface area contributed by atoms with Crippen LogP contribution in [0.15, 0.2) is 41.4 Å². The minimum atomic E-state index is -1.82. The van der Waals surface area contributed by atoms with E-state index in [0.29, 0.717) is 19.1 Å². The third-order valence-electron chi connectivity index (χ3n) is 8.53. The molecule has 5 nitrogen and oxygen atoms in total. The number of rotatable bonds is 7. The highest BCUT2D eigenvalue weighted by Crippen LogP contribution is 2.38. The van der Waals surface area contributed by atoms with Gasteiger partial charge in [0.1, 0.15) is 11.5 Å². The Hall–Kier alpha value is -2.57. The molecule has 0 N–H and O–H groups in total. The summed E-state index contributed by atoms with van der Waals surface area (Å²) >= 11 is 0. The number of aryl methyl sites for hydroxylation is 1. The van der Waals surface area contributed by atoms with Gasteiger partial charge in [0.2, 0.25) is 0 Å². The van der Waals surface area contributed by atoms with Gasteiger partial charge in [-0.25, -0.2) is 0 Å². The number of nitrogens with zero attached hydrogens (tertiary/aromatic N) is 2. The maximum atomic E-state index is 6.58. The van der Waals surface area contributed by atoms with Gasteiger partial charge in [-0.05, 0) is 84.8 Å². The summed E-state index contributed by atoms with van der Waals surface area (Å²) in [7, 11) is 3.73. The van der Waals surface area contributed by atoms with Crippen molar-refractivity contribution >= 4 is 24.9 Å². The molecule has 3 aromatic rings. The van der Waals surface area contributed by atoms with Crippen LogP contribution in [-0.4, -0.2) is 32.8 Å². The smallest absolute Gasteiger partial charge is 0.192 e. The van der Waals surface area contributed by atoms with Gasteiger partial charge in [0.15, 0.2) is 8.32 Å². The van der Waals surface area contributed by atoms with Gasteiger partial charge < -0.3 is 18.5 Å². The molecule has 0 bridgehead atoms. The van der Waals surface area contributed by atoms with Crippen LogP contribution in [0.25, 0.3) is 10.9 Å². The maximum Gasteiger partial charge on any atom is 0.192 e. The number of ether oxygens (including phenoxy) is 2. The molecule has 6 heteroatoms. The fraction of sp³-hybridized carbons (Fsp3) is 0.516. The lowest BCUT2D eigenvalue weighted by molar-refractivity contribution is 0.269. The molecule has 1 heterocycles. The Labute approximate surface area is 224 Å². The molecule has 0 saturated heterocycles. The van der Waals surface area contributed by atoms with Gasteiger partial charge in [0.05, 0.1) is 27.4 Å². The highest BCUT2D eigenvalue weighted by molar-refractivity contribution is 6.74. The molecule has 1 atom stereocenters. The second-order valence-electron chi connectivity index (χ2n) is 12.0. The van der Waals surface area contributed by atoms with E-state index < -0.39 is 8.32 Å². The topological polar surface area (TPSA) is 45.0 Å². The molecule has 0 amide bonds. The molecule has 0 aliphatic heterocycles. The monoisotopic (exact) mass is 520 g/mol. The molecule has 1 aliphatic rings. The molecule has 1 unspecified atom stereocenters. The van der Waals surface area contributed by atoms with E-state index in [9.17, 15) is 0 Å². The van der Waals surface area contributed by atoms with E-state index in [1.807, 2.05) is 12.1 Å². The molecule has 0 fully saturated rings. The SMILES string of the molecule is COc1ccc(C/N=C2\CCCC(C)c3cc4c(cc32)cc(CO[Si](C)(C)C(C)(C)C)n4C)c(OC)c1. The highest BCUT2D eigenvalue weighted by atomic mass is 28.4. The molecule has 37 heavy (non-hydrogen) atoms. The summed E-state index contributed by atoms with van der Waals surface area (Å²) < 4.78 is 19.9. The first kappa shape index (κ1) is 27.5. The van der Waals surface area contributed by atoms with E-state index in [1.165, 1.54) is 39.9 Å². The molecule has 1 aliphatic carbocycles. The van der Waals surface area contributed by atoms with Gasteiger partial charge in [0, 0.05) is 41.0 Å². The molecule has 2 aromatic carbocycles. The van der Waals surface area contributed by atoms with Crippen LogP contribution in [0.2, 0.25) is 18.1 Å². The Morgan fingerprint density at radius 3 is 2.49 bits per heavy atom. The standard InChI is InChI=1S/C31H44N2O3Si/c1-21-11-10-12-28(32-19-22-13-14-25(34-6)17-30(22)35-7)27-16-23-15-24(33(5)29(23)18-26(21)27)20-36-37(8,9)31(2,3)4/h13-18,21H,10-12,19-20H2,1-9H3/b32-28+. The van der Waals surface area contributed by atoms with Crippen molar-refractivity contribution in [3.63, 3.8) is 0 Å². The van der Waals surface area contributed by atoms with Gasteiger partial charge in [-0.3, -0.25) is 4.99 Å². The van der Waals surface area contributed by atoms with Crippen LogP contribution in [0, 0.1) is 0 Å². The van der Waals surface area contributed by atoms with Crippen LogP contribution >= 0.6 is 0 Å². The Kier molecular flexibility index (Phi) is 7.91. The first-order chi connectivity index (χ1) is 17.4. The molecule has 0 saturated carbocycles. The Bertz CT molecular complexity index is 1300. The summed E-state index contributed by atoms with van der Waals surface area (Å²) in [5.74, 6) is 2.11. The van der Waals surface area contributed by atoms with Crippen molar-refractivity contribution in [3.8, 4) is 11.5 Å². The molecular weight excluding hydrogens is 476 g/mol.